The molecule has 0 saturated heterocycles. The first-order chi connectivity index (χ1) is 7.97. The molecule has 0 radical (unpaired) electrons. The Bertz CT molecular complexity index is 363. The molecule has 94 valence electrons. The minimum absolute atomic E-state index is 0.0407. The van der Waals surface area contributed by atoms with E-state index in [1.54, 1.807) is 13.8 Å². The van der Waals surface area contributed by atoms with Gasteiger partial charge in [-0.25, -0.2) is 5.84 Å². The van der Waals surface area contributed by atoms with Crippen LogP contribution in [0, 0.1) is 5.41 Å². The van der Waals surface area contributed by atoms with Crippen LogP contribution in [0.4, 0.5) is 0 Å². The van der Waals surface area contributed by atoms with Gasteiger partial charge in [-0.15, -0.1) is 0 Å². The maximum Gasteiger partial charge on any atom is 0.241 e. The number of ether oxygens (including phenoxy) is 1. The second-order valence-corrected chi connectivity index (χ2v) is 4.72. The van der Waals surface area contributed by atoms with Gasteiger partial charge >= 0.3 is 0 Å². The molecule has 1 atom stereocenters. The maximum absolute atomic E-state index is 11.5. The van der Waals surface area contributed by atoms with E-state index in [0.29, 0.717) is 6.61 Å². The highest BCUT2D eigenvalue weighted by atomic mass is 16.5. The Balaban J connectivity index is 2.54. The minimum Gasteiger partial charge on any atom is -0.373 e. The number of carbonyl (C=O) groups is 1. The first kappa shape index (κ1) is 13.7. The number of hydrogen-bond acceptors (Lipinski definition) is 3. The van der Waals surface area contributed by atoms with Crippen molar-refractivity contribution in [2.24, 2.45) is 11.3 Å². The molecule has 0 spiro atoms. The lowest BCUT2D eigenvalue weighted by Gasteiger charge is -2.24. The van der Waals surface area contributed by atoms with Crippen molar-refractivity contribution in [3.63, 3.8) is 0 Å². The second kappa shape index (κ2) is 5.80. The van der Waals surface area contributed by atoms with Crippen molar-refractivity contribution >= 4 is 5.91 Å². The number of amides is 1. The monoisotopic (exact) mass is 236 g/mol. The zero-order valence-electron chi connectivity index (χ0n) is 10.6. The van der Waals surface area contributed by atoms with E-state index < -0.39 is 5.41 Å². The third kappa shape index (κ3) is 3.84. The van der Waals surface area contributed by atoms with Gasteiger partial charge in [-0.2, -0.15) is 0 Å². The minimum atomic E-state index is -0.627. The van der Waals surface area contributed by atoms with E-state index >= 15 is 0 Å². The van der Waals surface area contributed by atoms with Crippen LogP contribution in [0.1, 0.15) is 32.4 Å². The summed E-state index contributed by atoms with van der Waals surface area (Å²) in [4.78, 5) is 11.5. The van der Waals surface area contributed by atoms with Gasteiger partial charge < -0.3 is 4.74 Å². The van der Waals surface area contributed by atoms with E-state index in [1.807, 2.05) is 37.3 Å². The molecular weight excluding hydrogens is 216 g/mol. The van der Waals surface area contributed by atoms with Crippen LogP contribution in [0.15, 0.2) is 30.3 Å². The summed E-state index contributed by atoms with van der Waals surface area (Å²) in [6.07, 6.45) is -0.0407. The van der Waals surface area contributed by atoms with Gasteiger partial charge in [0.1, 0.15) is 0 Å². The largest absolute Gasteiger partial charge is 0.373 e. The summed E-state index contributed by atoms with van der Waals surface area (Å²) >= 11 is 0. The normalized spacial score (nSPS) is 13.2. The molecule has 0 aliphatic carbocycles. The molecule has 0 heterocycles. The Morgan fingerprint density at radius 2 is 2.00 bits per heavy atom. The summed E-state index contributed by atoms with van der Waals surface area (Å²) in [5.41, 5.74) is 2.62. The van der Waals surface area contributed by atoms with Crippen molar-refractivity contribution in [3.8, 4) is 0 Å². The summed E-state index contributed by atoms with van der Waals surface area (Å²) < 4.78 is 5.70. The quantitative estimate of drug-likeness (QED) is 0.465. The van der Waals surface area contributed by atoms with Gasteiger partial charge in [0.25, 0.3) is 0 Å². The fourth-order valence-electron chi connectivity index (χ4n) is 1.41. The zero-order valence-corrected chi connectivity index (χ0v) is 10.6. The fourth-order valence-corrected chi connectivity index (χ4v) is 1.41. The molecule has 3 N–H and O–H groups in total. The molecule has 4 heteroatoms. The molecule has 1 rings (SSSR count). The van der Waals surface area contributed by atoms with Gasteiger partial charge in [-0.1, -0.05) is 30.3 Å². The molecule has 1 aromatic carbocycles. The van der Waals surface area contributed by atoms with Gasteiger partial charge in [0.05, 0.1) is 18.1 Å². The van der Waals surface area contributed by atoms with E-state index in [2.05, 4.69) is 5.43 Å². The van der Waals surface area contributed by atoms with Crippen molar-refractivity contribution in [2.45, 2.75) is 26.9 Å². The highest BCUT2D eigenvalue weighted by Crippen LogP contribution is 2.22. The molecule has 1 unspecified atom stereocenters. The van der Waals surface area contributed by atoms with Crippen molar-refractivity contribution in [3.05, 3.63) is 35.9 Å². The first-order valence-corrected chi connectivity index (χ1v) is 5.65. The molecule has 1 aromatic rings. The summed E-state index contributed by atoms with van der Waals surface area (Å²) in [5.74, 6) is 4.90. The number of carbonyl (C=O) groups excluding carboxylic acids is 1. The van der Waals surface area contributed by atoms with E-state index in [9.17, 15) is 4.79 Å². The average Bonchev–Trinajstić information content (AvgIpc) is 2.36. The molecule has 0 aliphatic heterocycles. The first-order valence-electron chi connectivity index (χ1n) is 5.65. The van der Waals surface area contributed by atoms with E-state index in [1.165, 1.54) is 0 Å². The van der Waals surface area contributed by atoms with Crippen LogP contribution in [0.3, 0.4) is 0 Å². The van der Waals surface area contributed by atoms with Crippen LogP contribution in [0.25, 0.3) is 0 Å². The number of nitrogens with one attached hydrogen (secondary N) is 1. The van der Waals surface area contributed by atoms with Gasteiger partial charge in [-0.05, 0) is 26.3 Å². The van der Waals surface area contributed by atoms with Gasteiger partial charge in [0, 0.05) is 0 Å². The van der Waals surface area contributed by atoms with Crippen LogP contribution >= 0.6 is 0 Å². The van der Waals surface area contributed by atoms with E-state index in [-0.39, 0.29) is 12.0 Å². The Labute approximate surface area is 102 Å². The van der Waals surface area contributed by atoms with Crippen molar-refractivity contribution in [1.82, 2.24) is 5.43 Å². The maximum atomic E-state index is 11.5. The Kier molecular flexibility index (Phi) is 4.66. The number of benzene rings is 1. The summed E-state index contributed by atoms with van der Waals surface area (Å²) in [7, 11) is 0. The highest BCUT2D eigenvalue weighted by molar-refractivity contribution is 5.81. The molecule has 0 bridgehead atoms. The van der Waals surface area contributed by atoms with Crippen LogP contribution in [-0.4, -0.2) is 12.5 Å². The SMILES string of the molecule is CC(OCC(C)(C)C(=O)NN)c1ccccc1. The molecular formula is C13H20N2O2. The van der Waals surface area contributed by atoms with Crippen molar-refractivity contribution in [1.29, 1.82) is 0 Å². The van der Waals surface area contributed by atoms with Gasteiger partial charge in [0.2, 0.25) is 5.91 Å². The standard InChI is InChI=1S/C13H20N2O2/c1-10(11-7-5-4-6-8-11)17-9-13(2,3)12(16)15-14/h4-8,10H,9,14H2,1-3H3,(H,15,16). The lowest BCUT2D eigenvalue weighted by atomic mass is 9.94. The van der Waals surface area contributed by atoms with Crippen LogP contribution < -0.4 is 11.3 Å². The van der Waals surface area contributed by atoms with Crippen molar-refractivity contribution < 1.29 is 9.53 Å². The molecule has 0 fully saturated rings. The summed E-state index contributed by atoms with van der Waals surface area (Å²) in [6, 6.07) is 9.89. The number of hydrazine groups is 1. The summed E-state index contributed by atoms with van der Waals surface area (Å²) in [6.45, 7) is 5.89. The van der Waals surface area contributed by atoms with Crippen LogP contribution in [-0.2, 0) is 9.53 Å². The smallest absolute Gasteiger partial charge is 0.241 e. The summed E-state index contributed by atoms with van der Waals surface area (Å²) in [5, 5.41) is 0. The number of hydrogen-bond donors (Lipinski definition) is 2. The lowest BCUT2D eigenvalue weighted by molar-refractivity contribution is -0.133. The predicted molar refractivity (Wildman–Crippen MR) is 66.9 cm³/mol. The topological polar surface area (TPSA) is 64.3 Å². The molecule has 0 aliphatic rings. The highest BCUT2D eigenvalue weighted by Gasteiger charge is 2.28. The third-order valence-corrected chi connectivity index (χ3v) is 2.71. The van der Waals surface area contributed by atoms with E-state index in [0.717, 1.165) is 5.56 Å². The lowest BCUT2D eigenvalue weighted by Crippen LogP contribution is -2.43. The van der Waals surface area contributed by atoms with Gasteiger partial charge in [0.15, 0.2) is 0 Å². The number of nitrogens with two attached hydrogens (primary N) is 1. The second-order valence-electron chi connectivity index (χ2n) is 4.72. The third-order valence-electron chi connectivity index (χ3n) is 2.71. The molecule has 17 heavy (non-hydrogen) atoms. The average molecular weight is 236 g/mol. The number of rotatable bonds is 5. The molecule has 0 saturated carbocycles. The molecule has 0 aromatic heterocycles. The Morgan fingerprint density at radius 3 is 2.53 bits per heavy atom. The van der Waals surface area contributed by atoms with Gasteiger partial charge in [-0.3, -0.25) is 10.2 Å². The zero-order chi connectivity index (χ0) is 12.9. The predicted octanol–water partition coefficient (Wildman–Crippen LogP) is 1.78. The molecule has 4 nitrogen and oxygen atoms in total. The van der Waals surface area contributed by atoms with Crippen LogP contribution in [0.5, 0.6) is 0 Å². The fraction of sp³-hybridized carbons (Fsp3) is 0.462. The van der Waals surface area contributed by atoms with Crippen LogP contribution in [0.2, 0.25) is 0 Å². The molecule has 1 amide bonds. The Morgan fingerprint density at radius 1 is 1.41 bits per heavy atom. The Hall–Kier alpha value is -1.39. The van der Waals surface area contributed by atoms with Crippen molar-refractivity contribution in [2.75, 3.05) is 6.61 Å². The van der Waals surface area contributed by atoms with E-state index in [4.69, 9.17) is 10.6 Å².